The van der Waals surface area contributed by atoms with Crippen LogP contribution in [0.25, 0.3) is 22.6 Å². The first-order chi connectivity index (χ1) is 14.3. The van der Waals surface area contributed by atoms with E-state index in [2.05, 4.69) is 10.3 Å². The van der Waals surface area contributed by atoms with Crippen LogP contribution in [-0.4, -0.2) is 10.9 Å². The molecule has 0 radical (unpaired) electrons. The summed E-state index contributed by atoms with van der Waals surface area (Å²) in [5, 5.41) is 3.23. The molecule has 4 rings (SSSR count). The van der Waals surface area contributed by atoms with Crippen LogP contribution in [-0.2, 0) is 17.4 Å². The van der Waals surface area contributed by atoms with Gasteiger partial charge in [-0.2, -0.15) is 13.2 Å². The third kappa shape index (κ3) is 4.46. The molecule has 3 aromatic carbocycles. The van der Waals surface area contributed by atoms with Gasteiger partial charge in [0.1, 0.15) is 5.52 Å². The molecule has 30 heavy (non-hydrogen) atoms. The molecule has 0 bridgehead atoms. The van der Waals surface area contributed by atoms with E-state index in [1.165, 1.54) is 12.1 Å². The van der Waals surface area contributed by atoms with Gasteiger partial charge in [0.15, 0.2) is 5.58 Å². The molecule has 1 amide bonds. The van der Waals surface area contributed by atoms with Gasteiger partial charge in [0.25, 0.3) is 0 Å². The van der Waals surface area contributed by atoms with Crippen LogP contribution >= 0.6 is 11.6 Å². The molecule has 0 saturated carbocycles. The third-order valence-electron chi connectivity index (χ3n) is 4.36. The number of nitrogens with zero attached hydrogens (tertiary/aromatic N) is 1. The van der Waals surface area contributed by atoms with Crippen LogP contribution < -0.4 is 5.32 Å². The van der Waals surface area contributed by atoms with Gasteiger partial charge < -0.3 is 9.73 Å². The summed E-state index contributed by atoms with van der Waals surface area (Å²) in [7, 11) is 0. The predicted molar refractivity (Wildman–Crippen MR) is 108 cm³/mol. The third-order valence-corrected chi connectivity index (χ3v) is 4.60. The van der Waals surface area contributed by atoms with E-state index in [-0.39, 0.29) is 12.0 Å². The molecular formula is C22H14ClF3N2O2. The van der Waals surface area contributed by atoms with Gasteiger partial charge in [0, 0.05) is 16.3 Å². The number of oxazole rings is 1. The summed E-state index contributed by atoms with van der Waals surface area (Å²) in [6.07, 6.45) is -4.64. The Morgan fingerprint density at radius 3 is 2.63 bits per heavy atom. The topological polar surface area (TPSA) is 55.1 Å². The minimum absolute atomic E-state index is 0.185. The summed E-state index contributed by atoms with van der Waals surface area (Å²) < 4.78 is 44.2. The van der Waals surface area contributed by atoms with Crippen molar-refractivity contribution in [2.75, 3.05) is 5.32 Å². The van der Waals surface area contributed by atoms with Crippen LogP contribution in [0.15, 0.2) is 71.1 Å². The molecule has 4 aromatic rings. The van der Waals surface area contributed by atoms with Crippen molar-refractivity contribution in [2.24, 2.45) is 0 Å². The Balaban J connectivity index is 1.51. The highest BCUT2D eigenvalue weighted by molar-refractivity contribution is 6.31. The van der Waals surface area contributed by atoms with Gasteiger partial charge in [-0.25, -0.2) is 4.98 Å². The van der Waals surface area contributed by atoms with Crippen molar-refractivity contribution in [3.63, 3.8) is 0 Å². The average Bonchev–Trinajstić information content (AvgIpc) is 3.11. The smallest absolute Gasteiger partial charge is 0.416 e. The van der Waals surface area contributed by atoms with Gasteiger partial charge >= 0.3 is 6.18 Å². The number of hydrogen-bond donors (Lipinski definition) is 1. The van der Waals surface area contributed by atoms with Crippen LogP contribution in [0, 0.1) is 0 Å². The van der Waals surface area contributed by atoms with Crippen LogP contribution in [0.2, 0.25) is 5.02 Å². The van der Waals surface area contributed by atoms with E-state index < -0.39 is 17.6 Å². The molecule has 4 nitrogen and oxygen atoms in total. The molecule has 1 heterocycles. The van der Waals surface area contributed by atoms with E-state index >= 15 is 0 Å². The van der Waals surface area contributed by atoms with E-state index in [0.29, 0.717) is 33.3 Å². The lowest BCUT2D eigenvalue weighted by Gasteiger charge is -2.09. The lowest BCUT2D eigenvalue weighted by Crippen LogP contribution is -2.15. The number of alkyl halides is 3. The summed E-state index contributed by atoms with van der Waals surface area (Å²) in [5.41, 5.74) is 1.79. The highest BCUT2D eigenvalue weighted by Crippen LogP contribution is 2.30. The highest BCUT2D eigenvalue weighted by atomic mass is 35.5. The summed E-state index contributed by atoms with van der Waals surface area (Å²) in [6.45, 7) is 0. The normalized spacial score (nSPS) is 11.6. The quantitative estimate of drug-likeness (QED) is 0.410. The van der Waals surface area contributed by atoms with Gasteiger partial charge in [-0.3, -0.25) is 4.79 Å². The average molecular weight is 431 g/mol. The van der Waals surface area contributed by atoms with Crippen LogP contribution in [0.4, 0.5) is 18.9 Å². The van der Waals surface area contributed by atoms with Gasteiger partial charge in [-0.1, -0.05) is 35.9 Å². The number of hydrogen-bond acceptors (Lipinski definition) is 3. The fraction of sp³-hybridized carbons (Fsp3) is 0.0909. The molecular weight excluding hydrogens is 417 g/mol. The van der Waals surface area contributed by atoms with Gasteiger partial charge in [-0.05, 0) is 48.0 Å². The van der Waals surface area contributed by atoms with Crippen molar-refractivity contribution in [1.29, 1.82) is 0 Å². The second-order valence-electron chi connectivity index (χ2n) is 6.63. The van der Waals surface area contributed by atoms with Gasteiger partial charge in [0.05, 0.1) is 12.0 Å². The zero-order chi connectivity index (χ0) is 21.3. The van der Waals surface area contributed by atoms with E-state index in [1.807, 2.05) is 0 Å². The summed E-state index contributed by atoms with van der Waals surface area (Å²) in [6, 6.07) is 16.6. The van der Waals surface area contributed by atoms with E-state index in [0.717, 1.165) is 12.1 Å². The molecule has 8 heteroatoms. The number of fused-ring (bicyclic) bond motifs is 1. The lowest BCUT2D eigenvalue weighted by atomic mass is 10.1. The summed E-state index contributed by atoms with van der Waals surface area (Å²) in [5.74, 6) is -0.0722. The Hall–Kier alpha value is -3.32. The molecule has 0 aliphatic carbocycles. The minimum atomic E-state index is -4.45. The molecule has 1 aromatic heterocycles. The predicted octanol–water partition coefficient (Wildman–Crippen LogP) is 6.35. The number of carbonyl (C=O) groups excluding carboxylic acids is 1. The number of amides is 1. The van der Waals surface area contributed by atoms with Crippen molar-refractivity contribution in [3.8, 4) is 11.5 Å². The zero-order valence-corrected chi connectivity index (χ0v) is 16.1. The van der Waals surface area contributed by atoms with Crippen molar-refractivity contribution in [1.82, 2.24) is 4.98 Å². The summed E-state index contributed by atoms with van der Waals surface area (Å²) >= 11 is 5.97. The van der Waals surface area contributed by atoms with E-state index in [1.54, 1.807) is 42.5 Å². The number of halogens is 4. The minimum Gasteiger partial charge on any atom is -0.436 e. The maximum atomic E-state index is 12.8. The zero-order valence-electron chi connectivity index (χ0n) is 15.3. The first kappa shape index (κ1) is 20.0. The van der Waals surface area contributed by atoms with Gasteiger partial charge in [-0.15, -0.1) is 0 Å². The number of nitrogens with one attached hydrogen (secondary N) is 1. The Kier molecular flexibility index (Phi) is 5.22. The molecule has 152 valence electrons. The van der Waals surface area contributed by atoms with Crippen LogP contribution in [0.1, 0.15) is 11.1 Å². The largest absolute Gasteiger partial charge is 0.436 e. The van der Waals surface area contributed by atoms with Crippen LogP contribution in [0.5, 0.6) is 0 Å². The number of rotatable bonds is 4. The number of carbonyl (C=O) groups is 1. The van der Waals surface area contributed by atoms with Crippen molar-refractivity contribution in [2.45, 2.75) is 12.6 Å². The molecule has 0 aliphatic rings. The molecule has 0 saturated heterocycles. The SMILES string of the molecule is O=C(Cc1cccc(C(F)(F)F)c1)Nc1cccc(-c2nc3cc(Cl)ccc3o2)c1. The standard InChI is InChI=1S/C22H14ClF3N2O2/c23-16-7-8-19-18(12-16)28-21(30-19)14-4-2-6-17(11-14)27-20(29)10-13-3-1-5-15(9-13)22(24,25)26/h1-9,11-12H,10H2,(H,27,29). The Morgan fingerprint density at radius 2 is 1.83 bits per heavy atom. The Morgan fingerprint density at radius 1 is 1.03 bits per heavy atom. The maximum absolute atomic E-state index is 12.8. The first-order valence-corrected chi connectivity index (χ1v) is 9.28. The molecule has 0 aliphatic heterocycles. The van der Waals surface area contributed by atoms with E-state index in [9.17, 15) is 18.0 Å². The fourth-order valence-corrected chi connectivity index (χ4v) is 3.17. The Bertz CT molecular complexity index is 1230. The Labute approximate surface area is 174 Å². The lowest BCUT2D eigenvalue weighted by molar-refractivity contribution is -0.137. The number of benzene rings is 3. The molecule has 1 N–H and O–H groups in total. The monoisotopic (exact) mass is 430 g/mol. The number of anilines is 1. The molecule has 0 atom stereocenters. The molecule has 0 fully saturated rings. The van der Waals surface area contributed by atoms with Crippen LogP contribution in [0.3, 0.4) is 0 Å². The second-order valence-corrected chi connectivity index (χ2v) is 7.07. The highest BCUT2D eigenvalue weighted by Gasteiger charge is 2.30. The van der Waals surface area contributed by atoms with Crippen molar-refractivity contribution >= 4 is 34.3 Å². The maximum Gasteiger partial charge on any atom is 0.416 e. The van der Waals surface area contributed by atoms with E-state index in [4.69, 9.17) is 16.0 Å². The first-order valence-electron chi connectivity index (χ1n) is 8.90. The van der Waals surface area contributed by atoms with Gasteiger partial charge in [0.2, 0.25) is 11.8 Å². The number of aromatic nitrogens is 1. The van der Waals surface area contributed by atoms with Crippen molar-refractivity contribution in [3.05, 3.63) is 82.9 Å². The van der Waals surface area contributed by atoms with Crippen molar-refractivity contribution < 1.29 is 22.4 Å². The second kappa shape index (κ2) is 7.84. The molecule has 0 spiro atoms. The fourth-order valence-electron chi connectivity index (χ4n) is 3.00. The summed E-state index contributed by atoms with van der Waals surface area (Å²) in [4.78, 5) is 16.7. The molecule has 0 unspecified atom stereocenters.